The van der Waals surface area contributed by atoms with E-state index in [9.17, 15) is 0 Å². The smallest absolute Gasteiger partial charge is 0.0642 e. The van der Waals surface area contributed by atoms with E-state index in [1.54, 1.807) is 0 Å². The van der Waals surface area contributed by atoms with Gasteiger partial charge in [0, 0.05) is 32.2 Å². The Balaban J connectivity index is 2.11. The molecule has 1 heterocycles. The lowest BCUT2D eigenvalue weighted by molar-refractivity contribution is 0.238. The van der Waals surface area contributed by atoms with Crippen molar-refractivity contribution in [2.45, 2.75) is 13.0 Å². The van der Waals surface area contributed by atoms with Crippen molar-refractivity contribution in [3.8, 4) is 0 Å². The Bertz CT molecular complexity index is 384. The molecule has 1 aliphatic heterocycles. The van der Waals surface area contributed by atoms with Crippen molar-refractivity contribution in [1.82, 2.24) is 5.32 Å². The minimum absolute atomic E-state index is 0.270. The third kappa shape index (κ3) is 2.92. The van der Waals surface area contributed by atoms with E-state index in [0.29, 0.717) is 5.92 Å². The number of nitrogens with one attached hydrogen (secondary N) is 1. The van der Waals surface area contributed by atoms with Gasteiger partial charge in [0.1, 0.15) is 0 Å². The van der Waals surface area contributed by atoms with Crippen molar-refractivity contribution in [3.05, 3.63) is 28.8 Å². The van der Waals surface area contributed by atoms with Crippen LogP contribution in [0.2, 0.25) is 5.02 Å². The van der Waals surface area contributed by atoms with Gasteiger partial charge in [-0.15, -0.1) is 0 Å². The molecule has 1 aromatic carbocycles. The Kier molecular flexibility index (Phi) is 4.26. The van der Waals surface area contributed by atoms with Crippen LogP contribution in [0.25, 0.3) is 0 Å². The highest BCUT2D eigenvalue weighted by Gasteiger charge is 2.23. The lowest BCUT2D eigenvalue weighted by Crippen LogP contribution is -2.21. The zero-order chi connectivity index (χ0) is 12.3. The molecule has 1 aliphatic rings. The lowest BCUT2D eigenvalue weighted by atomic mass is 10.1. The van der Waals surface area contributed by atoms with Crippen molar-refractivity contribution in [1.29, 1.82) is 0 Å². The molecule has 1 unspecified atom stereocenters. The molecule has 0 saturated carbocycles. The first-order valence-electron chi connectivity index (χ1n) is 6.03. The standard InChI is InChI=1S/C13H19ClN2O/c1-15-7-10-2-3-13(12(14)6-10)16-5-4-11(8-16)9-17/h2-3,6,11,15,17H,4-5,7-9H2,1H3. The maximum atomic E-state index is 9.15. The van der Waals surface area contributed by atoms with Crippen LogP contribution in [0, 0.1) is 5.92 Å². The van der Waals surface area contributed by atoms with Crippen molar-refractivity contribution in [3.63, 3.8) is 0 Å². The molecule has 17 heavy (non-hydrogen) atoms. The minimum Gasteiger partial charge on any atom is -0.396 e. The second-order valence-electron chi connectivity index (χ2n) is 4.60. The second-order valence-corrected chi connectivity index (χ2v) is 5.01. The van der Waals surface area contributed by atoms with Gasteiger partial charge >= 0.3 is 0 Å². The average molecular weight is 255 g/mol. The van der Waals surface area contributed by atoms with Gasteiger partial charge in [-0.2, -0.15) is 0 Å². The molecule has 94 valence electrons. The number of aliphatic hydroxyl groups excluding tert-OH is 1. The molecule has 0 aliphatic carbocycles. The molecule has 0 radical (unpaired) electrons. The quantitative estimate of drug-likeness (QED) is 0.861. The Morgan fingerprint density at radius 1 is 1.53 bits per heavy atom. The molecule has 3 nitrogen and oxygen atoms in total. The summed E-state index contributed by atoms with van der Waals surface area (Å²) in [5.41, 5.74) is 2.28. The molecule has 0 bridgehead atoms. The summed E-state index contributed by atoms with van der Waals surface area (Å²) < 4.78 is 0. The first-order chi connectivity index (χ1) is 8.24. The van der Waals surface area contributed by atoms with Crippen LogP contribution < -0.4 is 10.2 Å². The Labute approximate surface area is 107 Å². The van der Waals surface area contributed by atoms with Gasteiger partial charge in [-0.25, -0.2) is 0 Å². The van der Waals surface area contributed by atoms with Crippen LogP contribution in [0.4, 0.5) is 5.69 Å². The van der Waals surface area contributed by atoms with Crippen LogP contribution in [-0.4, -0.2) is 31.9 Å². The molecule has 0 amide bonds. The largest absolute Gasteiger partial charge is 0.396 e. The lowest BCUT2D eigenvalue weighted by Gasteiger charge is -2.20. The van der Waals surface area contributed by atoms with Gasteiger partial charge in [-0.05, 0) is 31.2 Å². The highest BCUT2D eigenvalue weighted by Crippen LogP contribution is 2.31. The van der Waals surface area contributed by atoms with E-state index in [1.165, 1.54) is 5.56 Å². The molecule has 1 fully saturated rings. The summed E-state index contributed by atoms with van der Waals surface area (Å²) in [5, 5.41) is 13.1. The number of aliphatic hydroxyl groups is 1. The van der Waals surface area contributed by atoms with Crippen LogP contribution in [0.3, 0.4) is 0 Å². The summed E-state index contributed by atoms with van der Waals surface area (Å²) in [6.45, 7) is 2.99. The fraction of sp³-hybridized carbons (Fsp3) is 0.538. The number of nitrogens with zero attached hydrogens (tertiary/aromatic N) is 1. The molecule has 4 heteroatoms. The van der Waals surface area contributed by atoms with Crippen LogP contribution in [0.5, 0.6) is 0 Å². The third-order valence-electron chi connectivity index (χ3n) is 3.28. The number of hydrogen-bond donors (Lipinski definition) is 2. The molecule has 2 rings (SSSR count). The Morgan fingerprint density at radius 3 is 2.94 bits per heavy atom. The van der Waals surface area contributed by atoms with Crippen LogP contribution in [0.1, 0.15) is 12.0 Å². The van der Waals surface area contributed by atoms with Gasteiger partial charge in [0.25, 0.3) is 0 Å². The predicted octanol–water partition coefficient (Wildman–Crippen LogP) is 1.88. The van der Waals surface area contributed by atoms with Gasteiger partial charge in [0.2, 0.25) is 0 Å². The van der Waals surface area contributed by atoms with E-state index >= 15 is 0 Å². The zero-order valence-corrected chi connectivity index (χ0v) is 10.9. The van der Waals surface area contributed by atoms with Gasteiger partial charge in [0.15, 0.2) is 0 Å². The number of hydrogen-bond acceptors (Lipinski definition) is 3. The number of anilines is 1. The molecular weight excluding hydrogens is 236 g/mol. The molecule has 0 aromatic heterocycles. The molecule has 1 saturated heterocycles. The van der Waals surface area contributed by atoms with Gasteiger partial charge in [-0.3, -0.25) is 0 Å². The Morgan fingerprint density at radius 2 is 2.35 bits per heavy atom. The highest BCUT2D eigenvalue weighted by atomic mass is 35.5. The highest BCUT2D eigenvalue weighted by molar-refractivity contribution is 6.33. The number of benzene rings is 1. The fourth-order valence-corrected chi connectivity index (χ4v) is 2.64. The first-order valence-corrected chi connectivity index (χ1v) is 6.41. The van der Waals surface area contributed by atoms with E-state index in [4.69, 9.17) is 16.7 Å². The molecule has 0 spiro atoms. The van der Waals surface area contributed by atoms with Crippen LogP contribution in [-0.2, 0) is 6.54 Å². The number of halogens is 1. The average Bonchev–Trinajstić information content (AvgIpc) is 2.78. The second kappa shape index (κ2) is 5.71. The van der Waals surface area contributed by atoms with Crippen LogP contribution >= 0.6 is 11.6 Å². The monoisotopic (exact) mass is 254 g/mol. The van der Waals surface area contributed by atoms with E-state index in [-0.39, 0.29) is 6.61 Å². The molecule has 1 aromatic rings. The zero-order valence-electron chi connectivity index (χ0n) is 10.1. The third-order valence-corrected chi connectivity index (χ3v) is 3.58. The van der Waals surface area contributed by atoms with E-state index in [1.807, 2.05) is 13.1 Å². The van der Waals surface area contributed by atoms with E-state index in [2.05, 4.69) is 22.3 Å². The minimum atomic E-state index is 0.270. The molecule has 2 N–H and O–H groups in total. The SMILES string of the molecule is CNCc1ccc(N2CCC(CO)C2)c(Cl)c1. The summed E-state index contributed by atoms with van der Waals surface area (Å²) in [6.07, 6.45) is 1.05. The van der Waals surface area contributed by atoms with E-state index in [0.717, 1.165) is 36.8 Å². The van der Waals surface area contributed by atoms with Crippen molar-refractivity contribution < 1.29 is 5.11 Å². The number of rotatable bonds is 4. The maximum absolute atomic E-state index is 9.15. The van der Waals surface area contributed by atoms with Crippen molar-refractivity contribution in [2.75, 3.05) is 31.6 Å². The van der Waals surface area contributed by atoms with Gasteiger partial charge < -0.3 is 15.3 Å². The summed E-state index contributed by atoms with van der Waals surface area (Å²) in [5.74, 6) is 0.392. The summed E-state index contributed by atoms with van der Waals surface area (Å²) in [7, 11) is 1.92. The summed E-state index contributed by atoms with van der Waals surface area (Å²) in [6, 6.07) is 6.19. The topological polar surface area (TPSA) is 35.5 Å². The van der Waals surface area contributed by atoms with E-state index < -0.39 is 0 Å². The Hall–Kier alpha value is -0.770. The van der Waals surface area contributed by atoms with Crippen molar-refractivity contribution in [2.24, 2.45) is 5.92 Å². The van der Waals surface area contributed by atoms with Gasteiger partial charge in [0.05, 0.1) is 10.7 Å². The predicted molar refractivity (Wildman–Crippen MR) is 71.6 cm³/mol. The normalized spacial score (nSPS) is 19.9. The summed E-state index contributed by atoms with van der Waals surface area (Å²) in [4.78, 5) is 2.26. The first kappa shape index (κ1) is 12.7. The summed E-state index contributed by atoms with van der Waals surface area (Å²) >= 11 is 6.30. The van der Waals surface area contributed by atoms with Crippen LogP contribution in [0.15, 0.2) is 18.2 Å². The molecule has 1 atom stereocenters. The fourth-order valence-electron chi connectivity index (χ4n) is 2.32. The van der Waals surface area contributed by atoms with Gasteiger partial charge in [-0.1, -0.05) is 17.7 Å². The van der Waals surface area contributed by atoms with Crippen molar-refractivity contribution >= 4 is 17.3 Å². The maximum Gasteiger partial charge on any atom is 0.0642 e. The molecular formula is C13H19ClN2O.